The lowest BCUT2D eigenvalue weighted by Crippen LogP contribution is -2.30. The van der Waals surface area contributed by atoms with Crippen molar-refractivity contribution in [1.29, 1.82) is 0 Å². The van der Waals surface area contributed by atoms with Crippen LogP contribution in [0.15, 0.2) is 95.5 Å². The number of nitrogens with one attached hydrogen (secondary N) is 3. The van der Waals surface area contributed by atoms with Gasteiger partial charge in [-0.15, -0.1) is 11.8 Å². The highest BCUT2D eigenvalue weighted by atomic mass is 35.5. The highest BCUT2D eigenvalue weighted by Gasteiger charge is 2.21. The summed E-state index contributed by atoms with van der Waals surface area (Å²) in [5.41, 5.74) is 1.73. The number of hydrogen-bond donors (Lipinski definition) is 3. The lowest BCUT2D eigenvalue weighted by atomic mass is 10.1. The number of benzene rings is 4. The van der Waals surface area contributed by atoms with Crippen LogP contribution >= 0.6 is 35.0 Å². The molecule has 0 spiro atoms. The van der Waals surface area contributed by atoms with Crippen LogP contribution < -0.4 is 30.2 Å². The topological polar surface area (TPSA) is 115 Å². The Balaban J connectivity index is 1.59. The molecule has 0 aliphatic heterocycles. The molecular weight excluding hydrogens is 661 g/mol. The molecule has 12 heteroatoms. The van der Waals surface area contributed by atoms with E-state index >= 15 is 0 Å². The van der Waals surface area contributed by atoms with E-state index in [9.17, 15) is 14.4 Å². The number of halogens is 2. The maximum Gasteiger partial charge on any atom is 0.272 e. The lowest BCUT2D eigenvalue weighted by Gasteiger charge is -2.16. The molecule has 9 nitrogen and oxygen atoms in total. The van der Waals surface area contributed by atoms with Crippen LogP contribution in [0.25, 0.3) is 6.08 Å². The SMILES string of the molecule is CCC(Sc1cccc(NC(=O)/C(=C\c2cc(OC)c(OC)cc2OC)NC(=O)c2ccccc2)c1)C(=O)Nc1cc(Cl)cc(Cl)c1. The van der Waals surface area contributed by atoms with Gasteiger partial charge in [-0.05, 0) is 67.1 Å². The van der Waals surface area contributed by atoms with Crippen molar-refractivity contribution >= 4 is 70.1 Å². The summed E-state index contributed by atoms with van der Waals surface area (Å²) in [5.74, 6) is -0.0476. The Morgan fingerprint density at radius 2 is 1.43 bits per heavy atom. The Kier molecular flexibility index (Phi) is 12.6. The van der Waals surface area contributed by atoms with E-state index in [-0.39, 0.29) is 11.6 Å². The largest absolute Gasteiger partial charge is 0.496 e. The van der Waals surface area contributed by atoms with Gasteiger partial charge >= 0.3 is 0 Å². The van der Waals surface area contributed by atoms with Crippen LogP contribution in [-0.2, 0) is 9.59 Å². The van der Waals surface area contributed by atoms with Crippen molar-refractivity contribution in [3.63, 3.8) is 0 Å². The van der Waals surface area contributed by atoms with Gasteiger partial charge in [-0.1, -0.05) is 54.4 Å². The molecule has 0 saturated heterocycles. The highest BCUT2D eigenvalue weighted by molar-refractivity contribution is 8.00. The Morgan fingerprint density at radius 1 is 0.766 bits per heavy atom. The van der Waals surface area contributed by atoms with Crippen molar-refractivity contribution in [2.45, 2.75) is 23.5 Å². The molecule has 0 fully saturated rings. The fourth-order valence-electron chi connectivity index (χ4n) is 4.44. The highest BCUT2D eigenvalue weighted by Crippen LogP contribution is 2.36. The molecule has 0 bridgehead atoms. The smallest absolute Gasteiger partial charge is 0.272 e. The molecule has 0 radical (unpaired) electrons. The molecule has 0 heterocycles. The fraction of sp³-hybridized carbons (Fsp3) is 0.171. The molecule has 1 unspecified atom stereocenters. The van der Waals surface area contributed by atoms with Crippen molar-refractivity contribution in [3.05, 3.63) is 112 Å². The summed E-state index contributed by atoms with van der Waals surface area (Å²) in [4.78, 5) is 40.7. The second-order valence-corrected chi connectivity index (χ2v) is 12.1. The Morgan fingerprint density at radius 3 is 2.06 bits per heavy atom. The van der Waals surface area contributed by atoms with Crippen LogP contribution in [0, 0.1) is 0 Å². The molecule has 244 valence electrons. The van der Waals surface area contributed by atoms with Crippen molar-refractivity contribution < 1.29 is 28.6 Å². The second kappa shape index (κ2) is 16.8. The summed E-state index contributed by atoms with van der Waals surface area (Å²) in [7, 11) is 4.48. The van der Waals surface area contributed by atoms with Gasteiger partial charge in [-0.2, -0.15) is 0 Å². The van der Waals surface area contributed by atoms with Crippen LogP contribution in [0.5, 0.6) is 17.2 Å². The zero-order valence-electron chi connectivity index (χ0n) is 26.1. The normalized spacial score (nSPS) is 11.7. The number of ether oxygens (including phenoxy) is 3. The van der Waals surface area contributed by atoms with Gasteiger partial charge in [0.05, 0.1) is 26.6 Å². The van der Waals surface area contributed by atoms with Gasteiger partial charge in [-0.3, -0.25) is 14.4 Å². The van der Waals surface area contributed by atoms with Crippen LogP contribution in [0.4, 0.5) is 11.4 Å². The van der Waals surface area contributed by atoms with E-state index in [0.29, 0.717) is 56.2 Å². The van der Waals surface area contributed by atoms with Gasteiger partial charge in [0, 0.05) is 43.5 Å². The molecule has 3 amide bonds. The van der Waals surface area contributed by atoms with E-state index in [1.165, 1.54) is 39.2 Å². The predicted octanol–water partition coefficient (Wildman–Crippen LogP) is 7.94. The standard InChI is InChI=1S/C35H33Cl2N3O6S/c1-5-32(35(43)39-26-17-23(36)16-24(37)18-26)47-27-13-9-12-25(19-27)38-34(42)28(40-33(41)21-10-7-6-8-11-21)14-22-15-30(45-3)31(46-4)20-29(22)44-2/h6-20,32H,5H2,1-4H3,(H,38,42)(H,39,43)(H,40,41)/b28-14+. The summed E-state index contributed by atoms with van der Waals surface area (Å²) >= 11 is 13.5. The minimum Gasteiger partial charge on any atom is -0.496 e. The summed E-state index contributed by atoms with van der Waals surface area (Å²) < 4.78 is 16.3. The molecule has 0 saturated carbocycles. The van der Waals surface area contributed by atoms with Crippen molar-refractivity contribution in [1.82, 2.24) is 5.32 Å². The number of amides is 3. The molecule has 1 atom stereocenters. The van der Waals surface area contributed by atoms with Crippen molar-refractivity contribution in [2.75, 3.05) is 32.0 Å². The van der Waals surface area contributed by atoms with Gasteiger partial charge in [0.25, 0.3) is 11.8 Å². The van der Waals surface area contributed by atoms with Gasteiger partial charge in [0.15, 0.2) is 11.5 Å². The quantitative estimate of drug-likeness (QED) is 0.0962. The van der Waals surface area contributed by atoms with Crippen molar-refractivity contribution in [2.24, 2.45) is 0 Å². The van der Waals surface area contributed by atoms with Gasteiger partial charge in [0.2, 0.25) is 5.91 Å². The zero-order valence-corrected chi connectivity index (χ0v) is 28.4. The molecule has 0 aliphatic rings. The van der Waals surface area contributed by atoms with Gasteiger partial charge in [0.1, 0.15) is 11.4 Å². The van der Waals surface area contributed by atoms with Gasteiger partial charge < -0.3 is 30.2 Å². The first-order valence-corrected chi connectivity index (χ1v) is 16.0. The maximum absolute atomic E-state index is 13.7. The van der Waals surface area contributed by atoms with E-state index in [1.807, 2.05) is 13.0 Å². The summed E-state index contributed by atoms with van der Waals surface area (Å²) in [6.45, 7) is 1.91. The maximum atomic E-state index is 13.7. The minimum atomic E-state index is -0.587. The Hall–Kier alpha value is -4.64. The molecule has 4 aromatic rings. The fourth-order valence-corrected chi connectivity index (χ4v) is 5.98. The van der Waals surface area contributed by atoms with Gasteiger partial charge in [-0.25, -0.2) is 0 Å². The third-order valence-corrected chi connectivity index (χ3v) is 8.52. The minimum absolute atomic E-state index is 0.0478. The molecule has 0 aliphatic carbocycles. The lowest BCUT2D eigenvalue weighted by molar-refractivity contribution is -0.116. The third-order valence-electron chi connectivity index (χ3n) is 6.73. The van der Waals surface area contributed by atoms with Crippen molar-refractivity contribution in [3.8, 4) is 17.2 Å². The van der Waals surface area contributed by atoms with E-state index in [2.05, 4.69) is 16.0 Å². The first kappa shape index (κ1) is 35.2. The van der Waals surface area contributed by atoms with Crippen LogP contribution in [0.2, 0.25) is 10.0 Å². The monoisotopic (exact) mass is 693 g/mol. The van der Waals surface area contributed by atoms with E-state index in [1.54, 1.807) is 78.9 Å². The van der Waals surface area contributed by atoms with E-state index in [0.717, 1.165) is 4.90 Å². The first-order valence-electron chi connectivity index (χ1n) is 14.4. The zero-order chi connectivity index (χ0) is 33.9. The van der Waals surface area contributed by atoms with E-state index in [4.69, 9.17) is 37.4 Å². The number of thioether (sulfide) groups is 1. The summed E-state index contributed by atoms with van der Waals surface area (Å²) in [6.07, 6.45) is 2.03. The summed E-state index contributed by atoms with van der Waals surface area (Å²) in [6, 6.07) is 23.7. The molecule has 3 N–H and O–H groups in total. The van der Waals surface area contributed by atoms with E-state index < -0.39 is 17.1 Å². The predicted molar refractivity (Wildman–Crippen MR) is 188 cm³/mol. The number of anilines is 2. The molecular formula is C35H33Cl2N3O6S. The summed E-state index contributed by atoms with van der Waals surface area (Å²) in [5, 5.41) is 8.83. The Bertz CT molecular complexity index is 1760. The third kappa shape index (κ3) is 9.68. The number of carbonyl (C=O) groups is 3. The number of carbonyl (C=O) groups excluding carboxylic acids is 3. The average Bonchev–Trinajstić information content (AvgIpc) is 3.06. The first-order chi connectivity index (χ1) is 22.6. The van der Waals surface area contributed by atoms with Crippen LogP contribution in [-0.4, -0.2) is 44.3 Å². The number of methoxy groups -OCH3 is 3. The average molecular weight is 695 g/mol. The molecule has 47 heavy (non-hydrogen) atoms. The second-order valence-electron chi connectivity index (χ2n) is 9.97. The Labute approximate surface area is 287 Å². The van der Waals surface area contributed by atoms with Crippen LogP contribution in [0.3, 0.4) is 0 Å². The molecule has 0 aromatic heterocycles. The van der Waals surface area contributed by atoms with Crippen LogP contribution in [0.1, 0.15) is 29.3 Å². The molecule has 4 aromatic carbocycles. The number of hydrogen-bond acceptors (Lipinski definition) is 7. The molecule has 4 rings (SSSR count). The number of rotatable bonds is 13.